The molecule has 2 atom stereocenters. The molecule has 1 aliphatic rings. The fourth-order valence-corrected chi connectivity index (χ4v) is 2.68. The molecular formula is C16H30F2N2O3. The van der Waals surface area contributed by atoms with E-state index >= 15 is 0 Å². The van der Waals surface area contributed by atoms with E-state index in [0.717, 1.165) is 19.3 Å². The second-order valence-corrected chi connectivity index (χ2v) is 7.36. The Balaban J connectivity index is 2.56. The molecule has 1 rings (SSSR count). The second-order valence-electron chi connectivity index (χ2n) is 7.36. The quantitative estimate of drug-likeness (QED) is 0.783. The Morgan fingerprint density at radius 1 is 1.39 bits per heavy atom. The minimum atomic E-state index is -3.12. The molecule has 1 heterocycles. The van der Waals surface area contributed by atoms with Crippen molar-refractivity contribution in [1.82, 2.24) is 10.2 Å². The molecule has 1 saturated heterocycles. The fraction of sp³-hybridized carbons (Fsp3) is 0.938. The third-order valence-electron chi connectivity index (χ3n) is 3.82. The number of aliphatic hydroxyl groups is 1. The number of rotatable bonds is 6. The number of nitrogens with one attached hydrogen (secondary N) is 1. The molecule has 0 aromatic rings. The number of amides is 1. The first-order chi connectivity index (χ1) is 10.5. The van der Waals surface area contributed by atoms with Crippen LogP contribution in [0.25, 0.3) is 0 Å². The van der Waals surface area contributed by atoms with Crippen LogP contribution in [0.4, 0.5) is 13.6 Å². The highest BCUT2D eigenvalue weighted by Gasteiger charge is 2.32. The fourth-order valence-electron chi connectivity index (χ4n) is 2.68. The van der Waals surface area contributed by atoms with Crippen LogP contribution in [0.5, 0.6) is 0 Å². The Labute approximate surface area is 137 Å². The first-order valence-corrected chi connectivity index (χ1v) is 8.26. The second kappa shape index (κ2) is 8.24. The molecule has 7 heteroatoms. The Kier molecular flexibility index (Phi) is 7.20. The predicted octanol–water partition coefficient (Wildman–Crippen LogP) is 2.77. The number of alkyl halides is 2. The van der Waals surface area contributed by atoms with Gasteiger partial charge in [0.05, 0.1) is 6.54 Å². The molecule has 0 bridgehead atoms. The number of carbonyl (C=O) groups excluding carboxylic acids is 1. The van der Waals surface area contributed by atoms with Crippen molar-refractivity contribution in [3.05, 3.63) is 0 Å². The Bertz CT molecular complexity index is 386. The summed E-state index contributed by atoms with van der Waals surface area (Å²) in [6, 6.07) is -0.190. The highest BCUT2D eigenvalue weighted by Crippen LogP contribution is 2.23. The molecule has 2 unspecified atom stereocenters. The van der Waals surface area contributed by atoms with Crippen LogP contribution in [0.15, 0.2) is 0 Å². The highest BCUT2D eigenvalue weighted by atomic mass is 19.3. The Hall–Kier alpha value is -0.950. The van der Waals surface area contributed by atoms with Crippen LogP contribution in [0.1, 0.15) is 53.4 Å². The van der Waals surface area contributed by atoms with Gasteiger partial charge in [0.1, 0.15) is 12.2 Å². The van der Waals surface area contributed by atoms with Crippen molar-refractivity contribution in [2.45, 2.75) is 77.0 Å². The highest BCUT2D eigenvalue weighted by molar-refractivity contribution is 5.68. The SMILES string of the molecule is CC(CC1CCCCN1C(=O)OC(C)(C)C)NCC(F)(F)CO. The summed E-state index contributed by atoms with van der Waals surface area (Å²) < 4.78 is 31.6. The largest absolute Gasteiger partial charge is 0.444 e. The number of halogens is 2. The molecule has 23 heavy (non-hydrogen) atoms. The monoisotopic (exact) mass is 336 g/mol. The molecule has 1 fully saturated rings. The molecule has 1 amide bonds. The first kappa shape index (κ1) is 20.1. The zero-order chi connectivity index (χ0) is 17.7. The van der Waals surface area contributed by atoms with Crippen molar-refractivity contribution in [2.24, 2.45) is 0 Å². The maximum Gasteiger partial charge on any atom is 0.410 e. The molecule has 0 spiro atoms. The van der Waals surface area contributed by atoms with E-state index in [0.29, 0.717) is 13.0 Å². The van der Waals surface area contributed by atoms with Crippen molar-refractivity contribution >= 4 is 6.09 Å². The van der Waals surface area contributed by atoms with Crippen LogP contribution >= 0.6 is 0 Å². The van der Waals surface area contributed by atoms with Gasteiger partial charge in [0.25, 0.3) is 5.92 Å². The number of hydrogen-bond donors (Lipinski definition) is 2. The number of likely N-dealkylation sites (tertiary alicyclic amines) is 1. The third kappa shape index (κ3) is 7.44. The first-order valence-electron chi connectivity index (χ1n) is 8.26. The number of carbonyl (C=O) groups is 1. The minimum absolute atomic E-state index is 0.0103. The average molecular weight is 336 g/mol. The van der Waals surface area contributed by atoms with E-state index in [9.17, 15) is 13.6 Å². The van der Waals surface area contributed by atoms with Gasteiger partial charge in [-0.05, 0) is 53.4 Å². The van der Waals surface area contributed by atoms with Crippen LogP contribution < -0.4 is 5.32 Å². The molecule has 5 nitrogen and oxygen atoms in total. The topological polar surface area (TPSA) is 61.8 Å². The van der Waals surface area contributed by atoms with Crippen LogP contribution in [0.2, 0.25) is 0 Å². The van der Waals surface area contributed by atoms with Crippen molar-refractivity contribution in [3.8, 4) is 0 Å². The van der Waals surface area contributed by atoms with E-state index in [-0.39, 0.29) is 18.2 Å². The molecule has 1 aliphatic heterocycles. The number of piperidine rings is 1. The summed E-state index contributed by atoms with van der Waals surface area (Å²) in [5, 5.41) is 11.3. The normalized spacial score (nSPS) is 21.2. The van der Waals surface area contributed by atoms with Crippen LogP contribution in [-0.4, -0.2) is 59.4 Å². The molecule has 0 aromatic heterocycles. The lowest BCUT2D eigenvalue weighted by Crippen LogP contribution is -2.49. The summed E-state index contributed by atoms with van der Waals surface area (Å²) >= 11 is 0. The van der Waals surface area contributed by atoms with Gasteiger partial charge in [0.2, 0.25) is 0 Å². The molecular weight excluding hydrogens is 306 g/mol. The van der Waals surface area contributed by atoms with Crippen LogP contribution in [0.3, 0.4) is 0 Å². The lowest BCUT2D eigenvalue weighted by molar-refractivity contribution is -0.0498. The van der Waals surface area contributed by atoms with Crippen molar-refractivity contribution in [1.29, 1.82) is 0 Å². The van der Waals surface area contributed by atoms with E-state index in [2.05, 4.69) is 5.32 Å². The van der Waals surface area contributed by atoms with Gasteiger partial charge in [0, 0.05) is 18.6 Å². The number of hydrogen-bond acceptors (Lipinski definition) is 4. The maximum absolute atomic E-state index is 13.1. The minimum Gasteiger partial charge on any atom is -0.444 e. The van der Waals surface area contributed by atoms with E-state index in [4.69, 9.17) is 9.84 Å². The van der Waals surface area contributed by atoms with Gasteiger partial charge < -0.3 is 20.1 Å². The zero-order valence-corrected chi connectivity index (χ0v) is 14.6. The molecule has 0 aliphatic carbocycles. The van der Waals surface area contributed by atoms with Crippen LogP contribution in [0, 0.1) is 0 Å². The lowest BCUT2D eigenvalue weighted by Gasteiger charge is -2.38. The third-order valence-corrected chi connectivity index (χ3v) is 3.82. The summed E-state index contributed by atoms with van der Waals surface area (Å²) in [6.07, 6.45) is 3.04. The zero-order valence-electron chi connectivity index (χ0n) is 14.6. The van der Waals surface area contributed by atoms with Gasteiger partial charge in [0.15, 0.2) is 0 Å². The molecule has 136 valence electrons. The van der Waals surface area contributed by atoms with Crippen LogP contribution in [-0.2, 0) is 4.74 Å². The molecule has 0 saturated carbocycles. The molecule has 2 N–H and O–H groups in total. The maximum atomic E-state index is 13.1. The van der Waals surface area contributed by atoms with E-state index in [1.807, 2.05) is 27.7 Å². The summed E-state index contributed by atoms with van der Waals surface area (Å²) in [5.41, 5.74) is -0.549. The van der Waals surface area contributed by atoms with Gasteiger partial charge in [-0.15, -0.1) is 0 Å². The average Bonchev–Trinajstić information content (AvgIpc) is 2.44. The smallest absolute Gasteiger partial charge is 0.410 e. The van der Waals surface area contributed by atoms with Gasteiger partial charge in [-0.25, -0.2) is 13.6 Å². The Morgan fingerprint density at radius 3 is 2.61 bits per heavy atom. The number of ether oxygens (including phenoxy) is 1. The summed E-state index contributed by atoms with van der Waals surface area (Å²) in [7, 11) is 0. The van der Waals surface area contributed by atoms with Gasteiger partial charge in [-0.3, -0.25) is 0 Å². The van der Waals surface area contributed by atoms with E-state index in [1.165, 1.54) is 0 Å². The number of aliphatic hydroxyl groups excluding tert-OH is 1. The van der Waals surface area contributed by atoms with Crippen molar-refractivity contribution < 1.29 is 23.4 Å². The van der Waals surface area contributed by atoms with Gasteiger partial charge in [-0.2, -0.15) is 0 Å². The van der Waals surface area contributed by atoms with Gasteiger partial charge >= 0.3 is 6.09 Å². The van der Waals surface area contributed by atoms with Gasteiger partial charge in [-0.1, -0.05) is 0 Å². The summed E-state index contributed by atoms with van der Waals surface area (Å²) in [4.78, 5) is 14.0. The van der Waals surface area contributed by atoms with Crippen molar-refractivity contribution in [3.63, 3.8) is 0 Å². The Morgan fingerprint density at radius 2 is 2.04 bits per heavy atom. The summed E-state index contributed by atoms with van der Waals surface area (Å²) in [5.74, 6) is -3.12. The van der Waals surface area contributed by atoms with Crippen molar-refractivity contribution in [2.75, 3.05) is 19.7 Å². The molecule has 0 aromatic carbocycles. The molecule has 0 radical (unpaired) electrons. The lowest BCUT2D eigenvalue weighted by atomic mass is 9.96. The predicted molar refractivity (Wildman–Crippen MR) is 84.7 cm³/mol. The standard InChI is InChI=1S/C16H30F2N2O3/c1-12(19-10-16(17,18)11-21)9-13-7-5-6-8-20(13)14(22)23-15(2,3)4/h12-13,19,21H,5-11H2,1-4H3. The van der Waals surface area contributed by atoms with E-state index in [1.54, 1.807) is 4.90 Å². The summed E-state index contributed by atoms with van der Waals surface area (Å²) in [6.45, 7) is 6.19. The van der Waals surface area contributed by atoms with E-state index < -0.39 is 24.7 Å². The number of nitrogens with zero attached hydrogens (tertiary/aromatic N) is 1.